The van der Waals surface area contributed by atoms with Crippen molar-refractivity contribution in [2.75, 3.05) is 26.6 Å². The highest BCUT2D eigenvalue weighted by Gasteiger charge is 2.07. The largest absolute Gasteiger partial charge is 0.497 e. The fraction of sp³-hybridized carbons (Fsp3) is 0.308. The van der Waals surface area contributed by atoms with Gasteiger partial charge in [-0.15, -0.1) is 0 Å². The van der Waals surface area contributed by atoms with E-state index in [1.54, 1.807) is 20.4 Å². The number of anilines is 1. The number of rotatable bonds is 5. The molecule has 0 bridgehead atoms. The van der Waals surface area contributed by atoms with Crippen LogP contribution in [-0.2, 0) is 11.3 Å². The predicted molar refractivity (Wildman–Crippen MR) is 70.5 cm³/mol. The highest BCUT2D eigenvalue weighted by atomic mass is 16.5. The maximum Gasteiger partial charge on any atom is 0.119 e. The number of nitrogen functional groups attached to an aromatic ring is 1. The highest BCUT2D eigenvalue weighted by molar-refractivity contribution is 5.76. The van der Waals surface area contributed by atoms with E-state index >= 15 is 0 Å². The quantitative estimate of drug-likeness (QED) is 0.818. The molecule has 0 amide bonds. The molecule has 1 heterocycles. The molecule has 5 nitrogen and oxygen atoms in total. The van der Waals surface area contributed by atoms with Gasteiger partial charge in [0.15, 0.2) is 0 Å². The van der Waals surface area contributed by atoms with Gasteiger partial charge in [-0.2, -0.15) is 5.10 Å². The topological polar surface area (TPSA) is 62.3 Å². The summed E-state index contributed by atoms with van der Waals surface area (Å²) in [7, 11) is 3.31. The van der Waals surface area contributed by atoms with Gasteiger partial charge in [-0.05, 0) is 18.2 Å². The Balaban J connectivity index is 2.27. The van der Waals surface area contributed by atoms with Gasteiger partial charge in [-0.3, -0.25) is 4.68 Å². The van der Waals surface area contributed by atoms with Crippen molar-refractivity contribution < 1.29 is 9.47 Å². The number of hydrogen-bond acceptors (Lipinski definition) is 4. The van der Waals surface area contributed by atoms with Gasteiger partial charge in [0.05, 0.1) is 26.5 Å². The van der Waals surface area contributed by atoms with Crippen LogP contribution in [0.25, 0.3) is 11.1 Å². The molecule has 0 aliphatic carbocycles. The zero-order valence-corrected chi connectivity index (χ0v) is 10.6. The normalized spacial score (nSPS) is 10.6. The van der Waals surface area contributed by atoms with Crippen LogP contribution in [0.3, 0.4) is 0 Å². The number of methoxy groups -OCH3 is 2. The standard InChI is InChI=1S/C13H17N3O2/c1-17-6-5-16-9-10(8-15-16)12-7-11(18-2)3-4-13(12)14/h3-4,7-9H,5-6,14H2,1-2H3. The third-order valence-electron chi connectivity index (χ3n) is 2.73. The number of benzene rings is 1. The molecule has 2 aromatic rings. The van der Waals surface area contributed by atoms with Gasteiger partial charge >= 0.3 is 0 Å². The zero-order valence-electron chi connectivity index (χ0n) is 10.6. The summed E-state index contributed by atoms with van der Waals surface area (Å²) in [6.45, 7) is 1.36. The van der Waals surface area contributed by atoms with Crippen molar-refractivity contribution in [2.45, 2.75) is 6.54 Å². The molecule has 5 heteroatoms. The van der Waals surface area contributed by atoms with Gasteiger partial charge in [0.2, 0.25) is 0 Å². The first kappa shape index (κ1) is 12.4. The molecule has 0 unspecified atom stereocenters. The zero-order chi connectivity index (χ0) is 13.0. The Labute approximate surface area is 106 Å². The first-order valence-corrected chi connectivity index (χ1v) is 5.70. The summed E-state index contributed by atoms with van der Waals surface area (Å²) in [5.41, 5.74) is 8.58. The van der Waals surface area contributed by atoms with Gasteiger partial charge in [-0.1, -0.05) is 0 Å². The van der Waals surface area contributed by atoms with Crippen LogP contribution in [-0.4, -0.2) is 30.6 Å². The Bertz CT molecular complexity index is 523. The Morgan fingerprint density at radius 3 is 2.89 bits per heavy atom. The van der Waals surface area contributed by atoms with Crippen molar-refractivity contribution in [2.24, 2.45) is 0 Å². The monoisotopic (exact) mass is 247 g/mol. The second kappa shape index (κ2) is 5.55. The fourth-order valence-corrected chi connectivity index (χ4v) is 1.72. The van der Waals surface area contributed by atoms with Crippen molar-refractivity contribution >= 4 is 5.69 Å². The van der Waals surface area contributed by atoms with E-state index in [0.29, 0.717) is 12.3 Å². The van der Waals surface area contributed by atoms with Crippen molar-refractivity contribution in [3.8, 4) is 16.9 Å². The lowest BCUT2D eigenvalue weighted by Gasteiger charge is -2.06. The lowest BCUT2D eigenvalue weighted by atomic mass is 10.1. The van der Waals surface area contributed by atoms with Crippen LogP contribution >= 0.6 is 0 Å². The first-order valence-electron chi connectivity index (χ1n) is 5.70. The SMILES string of the molecule is COCCn1cc(-c2cc(OC)ccc2N)cn1. The molecular formula is C13H17N3O2. The van der Waals surface area contributed by atoms with Gasteiger partial charge < -0.3 is 15.2 Å². The third kappa shape index (κ3) is 2.62. The van der Waals surface area contributed by atoms with Crippen molar-refractivity contribution in [3.63, 3.8) is 0 Å². The van der Waals surface area contributed by atoms with Crippen LogP contribution in [0.5, 0.6) is 5.75 Å². The second-order valence-corrected chi connectivity index (χ2v) is 3.94. The van der Waals surface area contributed by atoms with E-state index in [1.807, 2.05) is 29.1 Å². The van der Waals surface area contributed by atoms with Crippen molar-refractivity contribution in [3.05, 3.63) is 30.6 Å². The number of aromatic nitrogens is 2. The Morgan fingerprint density at radius 2 is 2.17 bits per heavy atom. The minimum Gasteiger partial charge on any atom is -0.497 e. The predicted octanol–water partition coefficient (Wildman–Crippen LogP) is 1.79. The molecule has 0 fully saturated rings. The summed E-state index contributed by atoms with van der Waals surface area (Å²) >= 11 is 0. The Hall–Kier alpha value is -2.01. The minimum absolute atomic E-state index is 0.634. The van der Waals surface area contributed by atoms with Gasteiger partial charge in [-0.25, -0.2) is 0 Å². The number of nitrogens with two attached hydrogens (primary N) is 1. The summed E-state index contributed by atoms with van der Waals surface area (Å²) in [4.78, 5) is 0. The van der Waals surface area contributed by atoms with E-state index in [0.717, 1.165) is 23.4 Å². The maximum absolute atomic E-state index is 5.97. The average molecular weight is 247 g/mol. The Morgan fingerprint density at radius 1 is 1.33 bits per heavy atom. The lowest BCUT2D eigenvalue weighted by Crippen LogP contribution is -2.03. The van der Waals surface area contributed by atoms with E-state index in [-0.39, 0.29) is 0 Å². The lowest BCUT2D eigenvalue weighted by molar-refractivity contribution is 0.183. The molecule has 1 aromatic carbocycles. The van der Waals surface area contributed by atoms with Crippen molar-refractivity contribution in [1.29, 1.82) is 0 Å². The number of hydrogen-bond donors (Lipinski definition) is 1. The van der Waals surface area contributed by atoms with Gasteiger partial charge in [0.25, 0.3) is 0 Å². The minimum atomic E-state index is 0.634. The van der Waals surface area contributed by atoms with Crippen LogP contribution in [0.15, 0.2) is 30.6 Å². The van der Waals surface area contributed by atoms with Crippen LogP contribution in [0.2, 0.25) is 0 Å². The maximum atomic E-state index is 5.97. The molecule has 0 saturated carbocycles. The molecule has 0 radical (unpaired) electrons. The Kier molecular flexibility index (Phi) is 3.84. The van der Waals surface area contributed by atoms with E-state index in [2.05, 4.69) is 5.10 Å². The van der Waals surface area contributed by atoms with E-state index < -0.39 is 0 Å². The highest BCUT2D eigenvalue weighted by Crippen LogP contribution is 2.29. The van der Waals surface area contributed by atoms with Crippen LogP contribution in [0.1, 0.15) is 0 Å². The molecule has 0 atom stereocenters. The summed E-state index contributed by atoms with van der Waals surface area (Å²) in [6, 6.07) is 5.59. The molecule has 96 valence electrons. The molecule has 18 heavy (non-hydrogen) atoms. The summed E-state index contributed by atoms with van der Waals surface area (Å²) < 4.78 is 12.0. The second-order valence-electron chi connectivity index (χ2n) is 3.94. The van der Waals surface area contributed by atoms with E-state index in [9.17, 15) is 0 Å². The molecule has 0 saturated heterocycles. The molecule has 0 aliphatic heterocycles. The number of ether oxygens (including phenoxy) is 2. The smallest absolute Gasteiger partial charge is 0.119 e. The number of nitrogens with zero attached hydrogens (tertiary/aromatic N) is 2. The molecule has 2 N–H and O–H groups in total. The van der Waals surface area contributed by atoms with Crippen molar-refractivity contribution in [1.82, 2.24) is 9.78 Å². The molecule has 0 aliphatic rings. The van der Waals surface area contributed by atoms with Crippen LogP contribution < -0.4 is 10.5 Å². The van der Waals surface area contributed by atoms with Gasteiger partial charge in [0.1, 0.15) is 5.75 Å². The van der Waals surface area contributed by atoms with Crippen LogP contribution in [0.4, 0.5) is 5.69 Å². The first-order chi connectivity index (χ1) is 8.74. The molecule has 0 spiro atoms. The summed E-state index contributed by atoms with van der Waals surface area (Å²) in [5, 5.41) is 4.27. The molecular weight excluding hydrogens is 230 g/mol. The van der Waals surface area contributed by atoms with Gasteiger partial charge in [0, 0.05) is 30.1 Å². The third-order valence-corrected chi connectivity index (χ3v) is 2.73. The van der Waals surface area contributed by atoms with E-state index in [4.69, 9.17) is 15.2 Å². The molecule has 2 rings (SSSR count). The summed E-state index contributed by atoms with van der Waals surface area (Å²) in [6.07, 6.45) is 3.74. The molecule has 1 aromatic heterocycles. The van der Waals surface area contributed by atoms with E-state index in [1.165, 1.54) is 0 Å². The fourth-order valence-electron chi connectivity index (χ4n) is 1.72. The average Bonchev–Trinajstić information content (AvgIpc) is 2.85. The van der Waals surface area contributed by atoms with Crippen LogP contribution in [0, 0.1) is 0 Å². The summed E-state index contributed by atoms with van der Waals surface area (Å²) in [5.74, 6) is 0.781.